The Morgan fingerprint density at radius 3 is 2.22 bits per heavy atom. The van der Waals surface area contributed by atoms with Crippen molar-refractivity contribution in [1.29, 1.82) is 0 Å². The van der Waals surface area contributed by atoms with Gasteiger partial charge in [0.2, 0.25) is 17.5 Å². The molecule has 1 aromatic carbocycles. The number of aromatic nitrogens is 2. The second-order valence-corrected chi connectivity index (χ2v) is 6.56. The number of aliphatic hydroxyl groups excluding tert-OH is 1. The third kappa shape index (κ3) is 4.90. The molecule has 8 heteroatoms. The normalized spacial score (nSPS) is 13.5. The highest BCUT2D eigenvalue weighted by Crippen LogP contribution is 2.40. The third-order valence-electron chi connectivity index (χ3n) is 4.34. The highest BCUT2D eigenvalue weighted by molar-refractivity contribution is 5.66. The molecular formula is C19H29N3O5. The molecule has 27 heavy (non-hydrogen) atoms. The van der Waals surface area contributed by atoms with Crippen LogP contribution in [0.5, 0.6) is 17.2 Å². The zero-order chi connectivity index (χ0) is 20.0. The first-order valence-electron chi connectivity index (χ1n) is 9.00. The molecule has 0 saturated carbocycles. The largest absolute Gasteiger partial charge is 0.493 e. The maximum Gasteiger partial charge on any atom is 0.244 e. The Labute approximate surface area is 159 Å². The van der Waals surface area contributed by atoms with Crippen LogP contribution in [0, 0.1) is 5.92 Å². The van der Waals surface area contributed by atoms with Crippen LogP contribution in [0.4, 0.5) is 0 Å². The van der Waals surface area contributed by atoms with E-state index in [1.807, 2.05) is 6.92 Å². The van der Waals surface area contributed by atoms with E-state index in [0.29, 0.717) is 47.5 Å². The minimum Gasteiger partial charge on any atom is -0.493 e. The van der Waals surface area contributed by atoms with Gasteiger partial charge in [0.25, 0.3) is 0 Å². The average molecular weight is 379 g/mol. The molecule has 0 saturated heterocycles. The Hall–Kier alpha value is -2.32. The number of nitrogens with one attached hydrogen (secondary N) is 1. The summed E-state index contributed by atoms with van der Waals surface area (Å²) < 4.78 is 21.6. The van der Waals surface area contributed by atoms with Gasteiger partial charge in [-0.25, -0.2) is 0 Å². The van der Waals surface area contributed by atoms with Crippen molar-refractivity contribution in [2.24, 2.45) is 5.92 Å². The van der Waals surface area contributed by atoms with Crippen molar-refractivity contribution in [3.8, 4) is 28.6 Å². The van der Waals surface area contributed by atoms with Crippen molar-refractivity contribution < 1.29 is 23.8 Å². The molecular weight excluding hydrogens is 350 g/mol. The summed E-state index contributed by atoms with van der Waals surface area (Å²) in [6, 6.07) is 3.39. The molecule has 0 aliphatic heterocycles. The summed E-state index contributed by atoms with van der Waals surface area (Å²) in [5, 5.41) is 17.2. The topological polar surface area (TPSA) is 98.9 Å². The van der Waals surface area contributed by atoms with Gasteiger partial charge in [0, 0.05) is 12.1 Å². The number of hydrogen-bond acceptors (Lipinski definition) is 8. The summed E-state index contributed by atoms with van der Waals surface area (Å²) in [4.78, 5) is 4.54. The van der Waals surface area contributed by atoms with Gasteiger partial charge in [-0.05, 0) is 24.5 Å². The van der Waals surface area contributed by atoms with Crippen LogP contribution in [0.3, 0.4) is 0 Å². The molecule has 0 aliphatic rings. The van der Waals surface area contributed by atoms with Crippen molar-refractivity contribution in [1.82, 2.24) is 15.5 Å². The van der Waals surface area contributed by atoms with E-state index in [9.17, 15) is 5.11 Å². The van der Waals surface area contributed by atoms with Crippen LogP contribution in [0.1, 0.15) is 39.1 Å². The first-order valence-corrected chi connectivity index (χ1v) is 9.00. The van der Waals surface area contributed by atoms with Gasteiger partial charge in [0.05, 0.1) is 33.5 Å². The van der Waals surface area contributed by atoms with E-state index in [2.05, 4.69) is 29.3 Å². The van der Waals surface area contributed by atoms with Gasteiger partial charge in [-0.2, -0.15) is 4.98 Å². The van der Waals surface area contributed by atoms with Gasteiger partial charge in [0.15, 0.2) is 11.5 Å². The summed E-state index contributed by atoms with van der Waals surface area (Å²) in [7, 11) is 4.66. The molecule has 8 nitrogen and oxygen atoms in total. The van der Waals surface area contributed by atoms with Crippen molar-refractivity contribution >= 4 is 0 Å². The number of nitrogens with zero attached hydrogens (tertiary/aromatic N) is 2. The van der Waals surface area contributed by atoms with E-state index in [1.165, 1.54) is 0 Å². The molecule has 150 valence electrons. The summed E-state index contributed by atoms with van der Waals surface area (Å²) >= 11 is 0. The highest BCUT2D eigenvalue weighted by atomic mass is 16.5. The molecule has 1 aromatic heterocycles. The molecule has 0 bridgehead atoms. The van der Waals surface area contributed by atoms with Gasteiger partial charge in [-0.15, -0.1) is 0 Å². The van der Waals surface area contributed by atoms with E-state index >= 15 is 0 Å². The standard InChI is InChI=1S/C19H29N3O5/c1-7-13(23)10-20-16(11(2)3)19-21-18(22-27-19)12-8-14(24-4)17(26-6)15(9-12)25-5/h8-9,11,13,16,20,23H,7,10H2,1-6H3/t13-,16+/m0/s1. The lowest BCUT2D eigenvalue weighted by Gasteiger charge is -2.20. The van der Waals surface area contributed by atoms with E-state index in [-0.39, 0.29) is 12.0 Å². The highest BCUT2D eigenvalue weighted by Gasteiger charge is 2.24. The summed E-state index contributed by atoms with van der Waals surface area (Å²) in [6.07, 6.45) is 0.266. The molecule has 0 amide bonds. The van der Waals surface area contributed by atoms with Gasteiger partial charge in [0.1, 0.15) is 0 Å². The second-order valence-electron chi connectivity index (χ2n) is 6.56. The van der Waals surface area contributed by atoms with Crippen LogP contribution in [-0.2, 0) is 0 Å². The number of benzene rings is 1. The quantitative estimate of drug-likeness (QED) is 0.650. The molecule has 0 aliphatic carbocycles. The molecule has 0 unspecified atom stereocenters. The Morgan fingerprint density at radius 2 is 1.74 bits per heavy atom. The van der Waals surface area contributed by atoms with Crippen molar-refractivity contribution in [2.45, 2.75) is 39.3 Å². The first-order chi connectivity index (χ1) is 12.9. The zero-order valence-corrected chi connectivity index (χ0v) is 16.8. The number of rotatable bonds is 10. The van der Waals surface area contributed by atoms with Crippen LogP contribution in [0.15, 0.2) is 16.7 Å². The second kappa shape index (κ2) is 9.57. The summed E-state index contributed by atoms with van der Waals surface area (Å²) in [5.41, 5.74) is 0.690. The fourth-order valence-corrected chi connectivity index (χ4v) is 2.70. The van der Waals surface area contributed by atoms with Crippen LogP contribution in [0.25, 0.3) is 11.4 Å². The number of methoxy groups -OCH3 is 3. The van der Waals surface area contributed by atoms with Gasteiger partial charge in [-0.1, -0.05) is 25.9 Å². The summed E-state index contributed by atoms with van der Waals surface area (Å²) in [5.74, 6) is 2.64. The number of hydrogen-bond donors (Lipinski definition) is 2. The fraction of sp³-hybridized carbons (Fsp3) is 0.579. The number of aliphatic hydroxyl groups is 1. The van der Waals surface area contributed by atoms with Crippen molar-refractivity contribution in [3.63, 3.8) is 0 Å². The maximum atomic E-state index is 9.81. The third-order valence-corrected chi connectivity index (χ3v) is 4.34. The Bertz CT molecular complexity index is 707. The average Bonchev–Trinajstić information content (AvgIpc) is 3.16. The fourth-order valence-electron chi connectivity index (χ4n) is 2.70. The Morgan fingerprint density at radius 1 is 1.11 bits per heavy atom. The monoisotopic (exact) mass is 379 g/mol. The molecule has 0 radical (unpaired) electrons. The van der Waals surface area contributed by atoms with Crippen LogP contribution >= 0.6 is 0 Å². The van der Waals surface area contributed by atoms with E-state index in [4.69, 9.17) is 18.7 Å². The van der Waals surface area contributed by atoms with Crippen molar-refractivity contribution in [3.05, 3.63) is 18.0 Å². The molecule has 2 aromatic rings. The van der Waals surface area contributed by atoms with Crippen molar-refractivity contribution in [2.75, 3.05) is 27.9 Å². The van der Waals surface area contributed by atoms with E-state index in [1.54, 1.807) is 33.5 Å². The Balaban J connectivity index is 2.32. The zero-order valence-electron chi connectivity index (χ0n) is 16.8. The van der Waals surface area contributed by atoms with E-state index in [0.717, 1.165) is 0 Å². The maximum absolute atomic E-state index is 9.81. The Kier molecular flexibility index (Phi) is 7.44. The van der Waals surface area contributed by atoms with Crippen LogP contribution < -0.4 is 19.5 Å². The lowest BCUT2D eigenvalue weighted by atomic mass is 10.0. The molecule has 0 spiro atoms. The minimum atomic E-state index is -0.413. The molecule has 2 atom stereocenters. The van der Waals surface area contributed by atoms with Crippen LogP contribution in [0.2, 0.25) is 0 Å². The van der Waals surface area contributed by atoms with E-state index < -0.39 is 6.10 Å². The number of ether oxygens (including phenoxy) is 3. The molecule has 1 heterocycles. The lowest BCUT2D eigenvalue weighted by molar-refractivity contribution is 0.154. The SMILES string of the molecule is CC[C@H](O)CN[C@@H](c1nc(-c2cc(OC)c(OC)c(OC)c2)no1)C(C)C. The summed E-state index contributed by atoms with van der Waals surface area (Å²) in [6.45, 7) is 6.51. The van der Waals surface area contributed by atoms with Gasteiger partial charge >= 0.3 is 0 Å². The van der Waals surface area contributed by atoms with Gasteiger partial charge in [-0.3, -0.25) is 0 Å². The van der Waals surface area contributed by atoms with Crippen LogP contribution in [-0.4, -0.2) is 49.2 Å². The first kappa shape index (κ1) is 21.0. The smallest absolute Gasteiger partial charge is 0.244 e. The predicted octanol–water partition coefficient (Wildman–Crippen LogP) is 2.82. The predicted molar refractivity (Wildman–Crippen MR) is 101 cm³/mol. The molecule has 2 N–H and O–H groups in total. The minimum absolute atomic E-state index is 0.158. The van der Waals surface area contributed by atoms with Gasteiger partial charge < -0.3 is 29.2 Å². The molecule has 0 fully saturated rings. The lowest BCUT2D eigenvalue weighted by Crippen LogP contribution is -2.32. The molecule has 2 rings (SSSR count).